The van der Waals surface area contributed by atoms with Crippen LogP contribution in [0.25, 0.3) is 6.08 Å². The number of esters is 1. The van der Waals surface area contributed by atoms with Crippen molar-refractivity contribution < 1.29 is 14.3 Å². The van der Waals surface area contributed by atoms with E-state index in [0.29, 0.717) is 23.3 Å². The Labute approximate surface area is 167 Å². The first kappa shape index (κ1) is 18.0. The van der Waals surface area contributed by atoms with Crippen LogP contribution in [0.3, 0.4) is 0 Å². The Morgan fingerprint density at radius 3 is 2.57 bits per heavy atom. The average Bonchev–Trinajstić information content (AvgIpc) is 3.09. The van der Waals surface area contributed by atoms with E-state index in [4.69, 9.17) is 21.1 Å². The van der Waals surface area contributed by atoms with E-state index in [1.807, 2.05) is 78.9 Å². The topological polar surface area (TPSA) is 47.9 Å². The Balaban J connectivity index is 1.52. The van der Waals surface area contributed by atoms with E-state index in [2.05, 4.69) is 4.99 Å². The zero-order valence-electron chi connectivity index (χ0n) is 14.8. The molecule has 4 nitrogen and oxygen atoms in total. The summed E-state index contributed by atoms with van der Waals surface area (Å²) in [5, 5.41) is 0.664. The molecule has 0 atom stereocenters. The average molecular weight is 390 g/mol. The van der Waals surface area contributed by atoms with E-state index in [1.165, 1.54) is 0 Å². The number of hydrogen-bond acceptors (Lipinski definition) is 4. The van der Waals surface area contributed by atoms with Crippen LogP contribution >= 0.6 is 11.6 Å². The van der Waals surface area contributed by atoms with Crippen LogP contribution in [0, 0.1) is 0 Å². The van der Waals surface area contributed by atoms with E-state index >= 15 is 0 Å². The lowest BCUT2D eigenvalue weighted by Gasteiger charge is -2.08. The largest absolute Gasteiger partial charge is 0.489 e. The lowest BCUT2D eigenvalue weighted by atomic mass is 10.2. The van der Waals surface area contributed by atoms with Gasteiger partial charge >= 0.3 is 5.97 Å². The van der Waals surface area contributed by atoms with Gasteiger partial charge in [0.15, 0.2) is 5.70 Å². The summed E-state index contributed by atoms with van der Waals surface area (Å²) in [6, 6.07) is 24.3. The highest BCUT2D eigenvalue weighted by molar-refractivity contribution is 6.31. The van der Waals surface area contributed by atoms with Gasteiger partial charge in [-0.15, -0.1) is 0 Å². The summed E-state index contributed by atoms with van der Waals surface area (Å²) in [5.41, 5.74) is 2.71. The normalized spacial score (nSPS) is 14.7. The Kier molecular flexibility index (Phi) is 5.22. The van der Waals surface area contributed by atoms with Gasteiger partial charge in [0, 0.05) is 16.1 Å². The Morgan fingerprint density at radius 2 is 1.75 bits per heavy atom. The van der Waals surface area contributed by atoms with Crippen LogP contribution in [0.1, 0.15) is 16.7 Å². The molecule has 0 N–H and O–H groups in total. The van der Waals surface area contributed by atoms with Crippen molar-refractivity contribution in [3.63, 3.8) is 0 Å². The molecule has 0 aromatic heterocycles. The van der Waals surface area contributed by atoms with Crippen molar-refractivity contribution in [2.45, 2.75) is 6.61 Å². The molecule has 0 spiro atoms. The number of carbonyl (C=O) groups excluding carboxylic acids is 1. The molecule has 28 heavy (non-hydrogen) atoms. The fraction of sp³-hybridized carbons (Fsp3) is 0.0435. The first-order valence-electron chi connectivity index (χ1n) is 8.73. The van der Waals surface area contributed by atoms with E-state index in [-0.39, 0.29) is 5.70 Å². The van der Waals surface area contributed by atoms with Crippen molar-refractivity contribution in [3.8, 4) is 5.75 Å². The van der Waals surface area contributed by atoms with Gasteiger partial charge in [0.1, 0.15) is 12.4 Å². The summed E-state index contributed by atoms with van der Waals surface area (Å²) in [5.74, 6) is 0.511. The molecular weight excluding hydrogens is 374 g/mol. The number of aliphatic imine (C=N–C) groups is 1. The van der Waals surface area contributed by atoms with E-state index in [0.717, 1.165) is 16.7 Å². The highest BCUT2D eigenvalue weighted by Gasteiger charge is 2.23. The minimum atomic E-state index is -0.471. The quantitative estimate of drug-likeness (QED) is 0.441. The number of cyclic esters (lactones) is 1. The van der Waals surface area contributed by atoms with E-state index in [9.17, 15) is 4.79 Å². The lowest BCUT2D eigenvalue weighted by molar-refractivity contribution is -0.129. The van der Waals surface area contributed by atoms with Gasteiger partial charge in [-0.05, 0) is 42.0 Å². The standard InChI is InChI=1S/C23H16ClNO3/c24-20-12-5-4-10-18(20)15-27-19-11-6-7-16(13-19)14-21-23(26)28-22(25-21)17-8-2-1-3-9-17/h1-14H,15H2/b21-14+. The third-order valence-corrected chi connectivity index (χ3v) is 4.52. The Bertz CT molecular complexity index is 1070. The van der Waals surface area contributed by atoms with Gasteiger partial charge in [-0.2, -0.15) is 0 Å². The molecule has 0 aliphatic carbocycles. The van der Waals surface area contributed by atoms with Crippen LogP contribution < -0.4 is 4.74 Å². The summed E-state index contributed by atoms with van der Waals surface area (Å²) < 4.78 is 11.1. The molecule has 3 aromatic rings. The monoisotopic (exact) mass is 389 g/mol. The molecule has 138 valence electrons. The third-order valence-electron chi connectivity index (χ3n) is 4.15. The molecular formula is C23H16ClNO3. The van der Waals surface area contributed by atoms with Gasteiger partial charge < -0.3 is 9.47 Å². The van der Waals surface area contributed by atoms with Gasteiger partial charge in [-0.1, -0.05) is 60.1 Å². The number of rotatable bonds is 5. The molecule has 4 rings (SSSR count). The van der Waals surface area contributed by atoms with Crippen molar-refractivity contribution in [1.29, 1.82) is 0 Å². The molecule has 1 aliphatic heterocycles. The van der Waals surface area contributed by atoms with Gasteiger partial charge in [0.25, 0.3) is 0 Å². The second-order valence-corrected chi connectivity index (χ2v) is 6.56. The molecule has 5 heteroatoms. The van der Waals surface area contributed by atoms with E-state index < -0.39 is 5.97 Å². The minimum absolute atomic E-state index is 0.252. The first-order chi connectivity index (χ1) is 13.7. The molecule has 0 bridgehead atoms. The van der Waals surface area contributed by atoms with Crippen LogP contribution in [0.5, 0.6) is 5.75 Å². The molecule has 0 unspecified atom stereocenters. The summed E-state index contributed by atoms with van der Waals surface area (Å²) in [7, 11) is 0. The maximum Gasteiger partial charge on any atom is 0.363 e. The predicted octanol–water partition coefficient (Wildman–Crippen LogP) is 5.26. The molecule has 0 saturated carbocycles. The number of benzene rings is 3. The molecule has 1 heterocycles. The van der Waals surface area contributed by atoms with Crippen LogP contribution in [0.4, 0.5) is 0 Å². The van der Waals surface area contributed by atoms with E-state index in [1.54, 1.807) is 6.08 Å². The molecule has 0 amide bonds. The van der Waals surface area contributed by atoms with Crippen molar-refractivity contribution in [2.75, 3.05) is 0 Å². The number of ether oxygens (including phenoxy) is 2. The highest BCUT2D eigenvalue weighted by atomic mass is 35.5. The second kappa shape index (κ2) is 8.11. The molecule has 1 aliphatic rings. The maximum atomic E-state index is 12.1. The zero-order chi connectivity index (χ0) is 19.3. The van der Waals surface area contributed by atoms with Crippen LogP contribution in [-0.4, -0.2) is 11.9 Å². The molecule has 0 fully saturated rings. The second-order valence-electron chi connectivity index (χ2n) is 6.15. The smallest absolute Gasteiger partial charge is 0.363 e. The van der Waals surface area contributed by atoms with Crippen molar-refractivity contribution in [3.05, 3.63) is 106 Å². The van der Waals surface area contributed by atoms with Gasteiger partial charge in [0.2, 0.25) is 5.90 Å². The highest BCUT2D eigenvalue weighted by Crippen LogP contribution is 2.23. The van der Waals surface area contributed by atoms with Crippen LogP contribution in [-0.2, 0) is 16.1 Å². The van der Waals surface area contributed by atoms with Crippen molar-refractivity contribution >= 4 is 29.5 Å². The van der Waals surface area contributed by atoms with Gasteiger partial charge in [-0.25, -0.2) is 9.79 Å². The lowest BCUT2D eigenvalue weighted by Crippen LogP contribution is -2.04. The van der Waals surface area contributed by atoms with Gasteiger partial charge in [-0.3, -0.25) is 0 Å². The van der Waals surface area contributed by atoms with Crippen LogP contribution in [0.2, 0.25) is 5.02 Å². The molecule has 0 saturated heterocycles. The first-order valence-corrected chi connectivity index (χ1v) is 9.11. The van der Waals surface area contributed by atoms with Crippen molar-refractivity contribution in [1.82, 2.24) is 0 Å². The minimum Gasteiger partial charge on any atom is -0.489 e. The van der Waals surface area contributed by atoms with Crippen molar-refractivity contribution in [2.24, 2.45) is 4.99 Å². The summed E-state index contributed by atoms with van der Waals surface area (Å²) >= 11 is 6.16. The maximum absolute atomic E-state index is 12.1. The fourth-order valence-electron chi connectivity index (χ4n) is 2.74. The third kappa shape index (κ3) is 4.13. The molecule has 3 aromatic carbocycles. The summed E-state index contributed by atoms with van der Waals surface area (Å²) in [6.07, 6.45) is 1.68. The summed E-state index contributed by atoms with van der Waals surface area (Å²) in [4.78, 5) is 16.5. The van der Waals surface area contributed by atoms with Crippen LogP contribution in [0.15, 0.2) is 89.6 Å². The number of hydrogen-bond donors (Lipinski definition) is 0. The predicted molar refractivity (Wildman–Crippen MR) is 109 cm³/mol. The number of halogens is 1. The molecule has 0 radical (unpaired) electrons. The SMILES string of the molecule is O=C1OC(c2ccccc2)=N/C1=C/c1cccc(OCc2ccccc2Cl)c1. The zero-order valence-corrected chi connectivity index (χ0v) is 15.6. The Morgan fingerprint density at radius 1 is 0.964 bits per heavy atom. The van der Waals surface area contributed by atoms with Gasteiger partial charge in [0.05, 0.1) is 0 Å². The fourth-order valence-corrected chi connectivity index (χ4v) is 2.93. The Hall–Kier alpha value is -3.37. The number of carbonyl (C=O) groups is 1. The summed E-state index contributed by atoms with van der Waals surface area (Å²) in [6.45, 7) is 0.359. The number of nitrogens with zero attached hydrogens (tertiary/aromatic N) is 1.